The van der Waals surface area contributed by atoms with Crippen molar-refractivity contribution in [3.63, 3.8) is 0 Å². The second-order valence-electron chi connectivity index (χ2n) is 5.15. The van der Waals surface area contributed by atoms with Gasteiger partial charge in [0.1, 0.15) is 5.82 Å². The lowest BCUT2D eigenvalue weighted by Crippen LogP contribution is -2.33. The molecule has 1 heterocycles. The van der Waals surface area contributed by atoms with E-state index in [4.69, 9.17) is 0 Å². The maximum Gasteiger partial charge on any atom is 0.239 e. The molecule has 0 atom stereocenters. The molecule has 1 aliphatic rings. The molecule has 0 aliphatic carbocycles. The van der Waals surface area contributed by atoms with Gasteiger partial charge in [0.2, 0.25) is 11.8 Å². The number of imide groups is 1. The third-order valence-corrected chi connectivity index (χ3v) is 3.71. The number of carbonyl (C=O) groups excluding carboxylic acids is 2. The minimum atomic E-state index is -0.715. The highest BCUT2D eigenvalue weighted by Gasteiger charge is 2.45. The van der Waals surface area contributed by atoms with E-state index in [-0.39, 0.29) is 18.2 Å². The van der Waals surface area contributed by atoms with Gasteiger partial charge < -0.3 is 0 Å². The van der Waals surface area contributed by atoms with Crippen molar-refractivity contribution in [3.05, 3.63) is 28.0 Å². The lowest BCUT2D eigenvalue weighted by molar-refractivity contribution is -0.124. The van der Waals surface area contributed by atoms with Gasteiger partial charge >= 0.3 is 0 Å². The van der Waals surface area contributed by atoms with Crippen LogP contribution in [0.15, 0.2) is 16.6 Å². The van der Waals surface area contributed by atoms with Crippen molar-refractivity contribution in [1.29, 1.82) is 0 Å². The van der Waals surface area contributed by atoms with Gasteiger partial charge in [-0.1, -0.05) is 13.8 Å². The highest BCUT2D eigenvalue weighted by molar-refractivity contribution is 9.10. The van der Waals surface area contributed by atoms with E-state index in [9.17, 15) is 14.0 Å². The maximum atomic E-state index is 13.6. The number of amides is 2. The first-order chi connectivity index (χ1) is 8.24. The lowest BCUT2D eigenvalue weighted by atomic mass is 9.92. The van der Waals surface area contributed by atoms with Crippen LogP contribution in [-0.4, -0.2) is 11.8 Å². The minimum Gasteiger partial charge on any atom is -0.274 e. The van der Waals surface area contributed by atoms with Crippen molar-refractivity contribution >= 4 is 33.4 Å². The monoisotopic (exact) mass is 313 g/mol. The number of carbonyl (C=O) groups is 2. The molecule has 0 radical (unpaired) electrons. The molecule has 1 aromatic carbocycles. The first-order valence-electron chi connectivity index (χ1n) is 5.57. The van der Waals surface area contributed by atoms with E-state index in [0.717, 1.165) is 4.90 Å². The van der Waals surface area contributed by atoms with Gasteiger partial charge in [-0.3, -0.25) is 9.59 Å². The van der Waals surface area contributed by atoms with Gasteiger partial charge in [-0.2, -0.15) is 0 Å². The van der Waals surface area contributed by atoms with Crippen molar-refractivity contribution in [2.24, 2.45) is 5.41 Å². The SMILES string of the molecule is Cc1cc(Br)c(F)cc1N1C(=O)CC(C)(C)C1=O. The van der Waals surface area contributed by atoms with Crippen molar-refractivity contribution in [2.45, 2.75) is 27.2 Å². The highest BCUT2D eigenvalue weighted by atomic mass is 79.9. The van der Waals surface area contributed by atoms with E-state index < -0.39 is 11.2 Å². The summed E-state index contributed by atoms with van der Waals surface area (Å²) in [6.07, 6.45) is 0.156. The van der Waals surface area contributed by atoms with Crippen molar-refractivity contribution < 1.29 is 14.0 Å². The van der Waals surface area contributed by atoms with Crippen molar-refractivity contribution in [2.75, 3.05) is 4.90 Å². The number of hydrogen-bond donors (Lipinski definition) is 0. The predicted molar refractivity (Wildman–Crippen MR) is 69.7 cm³/mol. The molecule has 0 aromatic heterocycles. The second kappa shape index (κ2) is 4.16. The second-order valence-corrected chi connectivity index (χ2v) is 6.00. The molecule has 0 unspecified atom stereocenters. The standard InChI is InChI=1S/C13H13BrFNO2/c1-7-4-8(14)9(15)5-10(7)16-11(17)6-13(2,3)12(16)18/h4-5H,6H2,1-3H3. The molecule has 1 aliphatic heterocycles. The fourth-order valence-electron chi connectivity index (χ4n) is 2.07. The largest absolute Gasteiger partial charge is 0.274 e. The van der Waals surface area contributed by atoms with Crippen LogP contribution in [0.2, 0.25) is 0 Å². The summed E-state index contributed by atoms with van der Waals surface area (Å²) in [5.74, 6) is -1.05. The molecular weight excluding hydrogens is 301 g/mol. The fourth-order valence-corrected chi connectivity index (χ4v) is 2.53. The van der Waals surface area contributed by atoms with E-state index in [1.165, 1.54) is 6.07 Å². The Morgan fingerprint density at radius 2 is 1.94 bits per heavy atom. The van der Waals surface area contributed by atoms with Crippen LogP contribution in [0.5, 0.6) is 0 Å². The zero-order chi connectivity index (χ0) is 13.7. The smallest absolute Gasteiger partial charge is 0.239 e. The zero-order valence-corrected chi connectivity index (χ0v) is 12.0. The Balaban J connectivity index is 2.53. The number of hydrogen-bond acceptors (Lipinski definition) is 2. The number of benzene rings is 1. The summed E-state index contributed by atoms with van der Waals surface area (Å²) in [6, 6.07) is 2.78. The van der Waals surface area contributed by atoms with Gasteiger partial charge in [0.25, 0.3) is 0 Å². The molecule has 0 spiro atoms. The van der Waals surface area contributed by atoms with E-state index in [2.05, 4.69) is 15.9 Å². The third kappa shape index (κ3) is 1.96. The Morgan fingerprint density at radius 3 is 2.44 bits per heavy atom. The summed E-state index contributed by atoms with van der Waals surface area (Å²) < 4.78 is 13.9. The van der Waals surface area contributed by atoms with E-state index in [1.807, 2.05) is 0 Å². The van der Waals surface area contributed by atoms with Crippen LogP contribution in [0, 0.1) is 18.2 Å². The summed E-state index contributed by atoms with van der Waals surface area (Å²) in [6.45, 7) is 5.18. The summed E-state index contributed by atoms with van der Waals surface area (Å²) in [5.41, 5.74) is 0.298. The average Bonchev–Trinajstić information content (AvgIpc) is 2.43. The molecule has 0 saturated carbocycles. The zero-order valence-electron chi connectivity index (χ0n) is 10.4. The highest BCUT2D eigenvalue weighted by Crippen LogP contribution is 2.37. The van der Waals surface area contributed by atoms with Gasteiger partial charge in [-0.15, -0.1) is 0 Å². The van der Waals surface area contributed by atoms with Gasteiger partial charge in [0.05, 0.1) is 15.6 Å². The summed E-state index contributed by atoms with van der Waals surface area (Å²) >= 11 is 3.08. The van der Waals surface area contributed by atoms with Crippen molar-refractivity contribution in [3.8, 4) is 0 Å². The van der Waals surface area contributed by atoms with Crippen molar-refractivity contribution in [1.82, 2.24) is 0 Å². The normalized spacial score (nSPS) is 18.6. The van der Waals surface area contributed by atoms with E-state index in [1.54, 1.807) is 26.8 Å². The van der Waals surface area contributed by atoms with Crippen LogP contribution in [0.3, 0.4) is 0 Å². The molecule has 0 bridgehead atoms. The molecular formula is C13H13BrFNO2. The Bertz CT molecular complexity index is 554. The van der Waals surface area contributed by atoms with Crippen LogP contribution >= 0.6 is 15.9 Å². The Morgan fingerprint density at radius 1 is 1.33 bits per heavy atom. The minimum absolute atomic E-state index is 0.156. The average molecular weight is 314 g/mol. The molecule has 5 heteroatoms. The van der Waals surface area contributed by atoms with Crippen LogP contribution in [0.25, 0.3) is 0 Å². The molecule has 1 aromatic rings. The summed E-state index contributed by atoms with van der Waals surface area (Å²) in [7, 11) is 0. The molecule has 0 N–H and O–H groups in total. The Labute approximate surface area is 113 Å². The van der Waals surface area contributed by atoms with Gasteiger partial charge in [-0.05, 0) is 40.5 Å². The quantitative estimate of drug-likeness (QED) is 0.747. The summed E-state index contributed by atoms with van der Waals surface area (Å²) in [5, 5.41) is 0. The Hall–Kier alpha value is -1.23. The number of rotatable bonds is 1. The van der Waals surface area contributed by atoms with Gasteiger partial charge in [0, 0.05) is 6.42 Å². The molecule has 2 amide bonds. The molecule has 96 valence electrons. The Kier molecular flexibility index (Phi) is 3.05. The number of nitrogens with zero attached hydrogens (tertiary/aromatic N) is 1. The van der Waals surface area contributed by atoms with E-state index >= 15 is 0 Å². The maximum absolute atomic E-state index is 13.6. The fraction of sp³-hybridized carbons (Fsp3) is 0.385. The third-order valence-electron chi connectivity index (χ3n) is 3.10. The van der Waals surface area contributed by atoms with Crippen LogP contribution in [0.4, 0.5) is 10.1 Å². The number of halogens is 2. The number of aryl methyl sites for hydroxylation is 1. The van der Waals surface area contributed by atoms with Gasteiger partial charge in [-0.25, -0.2) is 9.29 Å². The molecule has 3 nitrogen and oxygen atoms in total. The van der Waals surface area contributed by atoms with Crippen LogP contribution in [0.1, 0.15) is 25.8 Å². The molecule has 1 fully saturated rings. The van der Waals surface area contributed by atoms with Crippen LogP contribution in [-0.2, 0) is 9.59 Å². The molecule has 18 heavy (non-hydrogen) atoms. The van der Waals surface area contributed by atoms with Gasteiger partial charge in [0.15, 0.2) is 0 Å². The topological polar surface area (TPSA) is 37.4 Å². The first-order valence-corrected chi connectivity index (χ1v) is 6.36. The van der Waals surface area contributed by atoms with Crippen LogP contribution < -0.4 is 4.90 Å². The first kappa shape index (κ1) is 13.2. The predicted octanol–water partition coefficient (Wildman–Crippen LogP) is 3.19. The molecule has 1 saturated heterocycles. The number of anilines is 1. The van der Waals surface area contributed by atoms with E-state index in [0.29, 0.717) is 15.7 Å². The molecule has 2 rings (SSSR count). The summed E-state index contributed by atoms with van der Waals surface area (Å²) in [4.78, 5) is 25.2. The lowest BCUT2D eigenvalue weighted by Gasteiger charge is -2.20.